The first kappa shape index (κ1) is 23.1. The number of halogens is 6. The molecule has 0 aliphatic heterocycles. The molecule has 0 spiro atoms. The SMILES string of the molecule is COC(=O)[C@H](C)NP(=O)(Oc1ccc(Br)cc1)Oc1c(F)c(F)c(F)c(F)c1F. The fourth-order valence-corrected chi connectivity index (χ4v) is 3.74. The van der Waals surface area contributed by atoms with Crippen molar-refractivity contribution in [2.24, 2.45) is 0 Å². The third-order valence-electron chi connectivity index (χ3n) is 3.33. The van der Waals surface area contributed by atoms with Gasteiger partial charge < -0.3 is 13.8 Å². The minimum atomic E-state index is -4.91. The van der Waals surface area contributed by atoms with Gasteiger partial charge in [-0.15, -0.1) is 0 Å². The van der Waals surface area contributed by atoms with E-state index in [4.69, 9.17) is 4.52 Å². The number of ether oxygens (including phenoxy) is 1. The van der Waals surface area contributed by atoms with Crippen molar-refractivity contribution in [3.8, 4) is 11.5 Å². The van der Waals surface area contributed by atoms with Crippen molar-refractivity contribution in [2.75, 3.05) is 7.11 Å². The van der Waals surface area contributed by atoms with E-state index in [0.29, 0.717) is 4.47 Å². The van der Waals surface area contributed by atoms with E-state index in [0.717, 1.165) is 14.0 Å². The molecule has 13 heteroatoms. The van der Waals surface area contributed by atoms with E-state index in [1.807, 2.05) is 5.09 Å². The van der Waals surface area contributed by atoms with Crippen LogP contribution in [0.15, 0.2) is 28.7 Å². The van der Waals surface area contributed by atoms with E-state index in [9.17, 15) is 31.3 Å². The molecule has 2 aromatic rings. The standard InChI is InChI=1S/C16H12BrF5NO5P/c1-7(16(24)26-2)23-29(25,27-9-5-3-8(17)4-6-9)28-15-13(21)11(19)10(18)12(20)14(15)22/h3-7H,1-2H3,(H,23,25)/t7-,29?/m0/s1. The number of hydrogen-bond donors (Lipinski definition) is 1. The lowest BCUT2D eigenvalue weighted by atomic mass is 10.3. The number of rotatable bonds is 7. The van der Waals surface area contributed by atoms with Gasteiger partial charge in [-0.3, -0.25) is 4.79 Å². The molecule has 1 unspecified atom stereocenters. The van der Waals surface area contributed by atoms with Crippen LogP contribution < -0.4 is 14.1 Å². The minimum Gasteiger partial charge on any atom is -0.468 e. The van der Waals surface area contributed by atoms with Gasteiger partial charge in [0, 0.05) is 4.47 Å². The molecule has 2 aromatic carbocycles. The molecule has 1 N–H and O–H groups in total. The van der Waals surface area contributed by atoms with E-state index in [1.54, 1.807) is 0 Å². The molecular formula is C16H12BrF5NO5P. The summed E-state index contributed by atoms with van der Waals surface area (Å²) >= 11 is 3.14. The molecule has 0 bridgehead atoms. The molecule has 0 aromatic heterocycles. The van der Waals surface area contributed by atoms with E-state index < -0.39 is 54.6 Å². The lowest BCUT2D eigenvalue weighted by Gasteiger charge is -2.23. The Morgan fingerprint density at radius 2 is 1.45 bits per heavy atom. The zero-order valence-corrected chi connectivity index (χ0v) is 17.1. The summed E-state index contributed by atoms with van der Waals surface area (Å²) in [6.07, 6.45) is 0. The van der Waals surface area contributed by atoms with Crippen LogP contribution >= 0.6 is 23.7 Å². The molecule has 29 heavy (non-hydrogen) atoms. The minimum absolute atomic E-state index is 0.162. The second-order valence-electron chi connectivity index (χ2n) is 5.41. The van der Waals surface area contributed by atoms with Crippen LogP contribution in [0.4, 0.5) is 22.0 Å². The Balaban J connectivity index is 2.49. The molecule has 6 nitrogen and oxygen atoms in total. The maximum Gasteiger partial charge on any atom is 0.513 e. The predicted molar refractivity (Wildman–Crippen MR) is 93.9 cm³/mol. The van der Waals surface area contributed by atoms with Crippen LogP contribution in [-0.4, -0.2) is 19.1 Å². The van der Waals surface area contributed by atoms with Gasteiger partial charge >= 0.3 is 13.7 Å². The summed E-state index contributed by atoms with van der Waals surface area (Å²) in [4.78, 5) is 11.6. The first-order chi connectivity index (χ1) is 13.5. The van der Waals surface area contributed by atoms with Crippen LogP contribution in [0.3, 0.4) is 0 Å². The lowest BCUT2D eigenvalue weighted by molar-refractivity contribution is -0.142. The van der Waals surface area contributed by atoms with Gasteiger partial charge in [0.1, 0.15) is 11.8 Å². The number of carbonyl (C=O) groups excluding carboxylic acids is 1. The molecular weight excluding hydrogens is 492 g/mol. The lowest BCUT2D eigenvalue weighted by Crippen LogP contribution is -2.35. The van der Waals surface area contributed by atoms with Gasteiger partial charge in [0.15, 0.2) is 0 Å². The largest absolute Gasteiger partial charge is 0.513 e. The summed E-state index contributed by atoms with van der Waals surface area (Å²) < 4.78 is 95.6. The topological polar surface area (TPSA) is 73.9 Å². The smallest absolute Gasteiger partial charge is 0.468 e. The van der Waals surface area contributed by atoms with Crippen LogP contribution in [-0.2, 0) is 14.1 Å². The number of carbonyl (C=O) groups is 1. The van der Waals surface area contributed by atoms with Crippen LogP contribution in [0.2, 0.25) is 0 Å². The fourth-order valence-electron chi connectivity index (χ4n) is 1.96. The highest BCUT2D eigenvalue weighted by atomic mass is 79.9. The average Bonchev–Trinajstić information content (AvgIpc) is 2.69. The van der Waals surface area contributed by atoms with Crippen molar-refractivity contribution >= 4 is 29.6 Å². The third kappa shape index (κ3) is 5.26. The average molecular weight is 504 g/mol. The first-order valence-electron chi connectivity index (χ1n) is 7.61. The maximum absolute atomic E-state index is 13.9. The number of esters is 1. The predicted octanol–water partition coefficient (Wildman–Crippen LogP) is 4.86. The fraction of sp³-hybridized carbons (Fsp3) is 0.188. The summed E-state index contributed by atoms with van der Waals surface area (Å²) in [5, 5.41) is 2.02. The Kier molecular flexibility index (Phi) is 7.25. The van der Waals surface area contributed by atoms with Gasteiger partial charge in [0.05, 0.1) is 7.11 Å². The second-order valence-corrected chi connectivity index (χ2v) is 7.94. The number of hydrogen-bond acceptors (Lipinski definition) is 5. The van der Waals surface area contributed by atoms with Gasteiger partial charge in [-0.25, -0.2) is 17.7 Å². The van der Waals surface area contributed by atoms with Crippen molar-refractivity contribution in [1.29, 1.82) is 0 Å². The Morgan fingerprint density at radius 3 is 1.93 bits per heavy atom. The highest BCUT2D eigenvalue weighted by Crippen LogP contribution is 2.47. The second kappa shape index (κ2) is 9.10. The van der Waals surface area contributed by atoms with Crippen molar-refractivity contribution in [1.82, 2.24) is 5.09 Å². The molecule has 2 rings (SSSR count). The quantitative estimate of drug-likeness (QED) is 0.191. The Labute approximate surface area is 169 Å². The van der Waals surface area contributed by atoms with Gasteiger partial charge in [-0.2, -0.15) is 13.9 Å². The van der Waals surface area contributed by atoms with Gasteiger partial charge in [0.25, 0.3) is 0 Å². The maximum atomic E-state index is 13.9. The molecule has 0 amide bonds. The molecule has 0 fully saturated rings. The summed E-state index contributed by atoms with van der Waals surface area (Å²) in [6.45, 7) is 1.14. The molecule has 0 saturated carbocycles. The van der Waals surface area contributed by atoms with E-state index in [1.165, 1.54) is 24.3 Å². The Bertz CT molecular complexity index is 946. The van der Waals surface area contributed by atoms with Crippen LogP contribution in [0, 0.1) is 29.1 Å². The highest BCUT2D eigenvalue weighted by Gasteiger charge is 2.38. The normalized spacial score (nSPS) is 14.1. The molecule has 158 valence electrons. The van der Waals surface area contributed by atoms with Crippen LogP contribution in [0.5, 0.6) is 11.5 Å². The van der Waals surface area contributed by atoms with Crippen molar-refractivity contribution in [2.45, 2.75) is 13.0 Å². The Hall–Kier alpha value is -2.17. The van der Waals surface area contributed by atoms with Crippen LogP contribution in [0.1, 0.15) is 6.92 Å². The molecule has 0 radical (unpaired) electrons. The molecule has 0 aliphatic carbocycles. The van der Waals surface area contributed by atoms with Crippen molar-refractivity contribution in [3.05, 3.63) is 57.8 Å². The van der Waals surface area contributed by atoms with Gasteiger partial charge in [0.2, 0.25) is 34.8 Å². The number of benzene rings is 2. The molecule has 0 saturated heterocycles. The monoisotopic (exact) mass is 503 g/mol. The summed E-state index contributed by atoms with van der Waals surface area (Å²) in [7, 11) is -3.91. The summed E-state index contributed by atoms with van der Waals surface area (Å²) in [5.74, 6) is -14.7. The van der Waals surface area contributed by atoms with Crippen LogP contribution in [0.25, 0.3) is 0 Å². The summed E-state index contributed by atoms with van der Waals surface area (Å²) in [6, 6.07) is 4.03. The summed E-state index contributed by atoms with van der Waals surface area (Å²) in [5.41, 5.74) is 0. The van der Waals surface area contributed by atoms with E-state index in [2.05, 4.69) is 25.2 Å². The Morgan fingerprint density at radius 1 is 0.966 bits per heavy atom. The van der Waals surface area contributed by atoms with Gasteiger partial charge in [-0.05, 0) is 31.2 Å². The third-order valence-corrected chi connectivity index (χ3v) is 5.43. The van der Waals surface area contributed by atoms with E-state index in [-0.39, 0.29) is 5.75 Å². The number of nitrogens with one attached hydrogen (secondary N) is 1. The van der Waals surface area contributed by atoms with Crippen molar-refractivity contribution in [3.63, 3.8) is 0 Å². The first-order valence-corrected chi connectivity index (χ1v) is 9.94. The number of methoxy groups -OCH3 is 1. The van der Waals surface area contributed by atoms with Gasteiger partial charge in [-0.1, -0.05) is 15.9 Å². The molecule has 2 atom stereocenters. The van der Waals surface area contributed by atoms with E-state index >= 15 is 0 Å². The molecule has 0 heterocycles. The van der Waals surface area contributed by atoms with Crippen molar-refractivity contribution < 1.29 is 45.1 Å². The molecule has 0 aliphatic rings. The zero-order chi connectivity index (χ0) is 21.9. The highest BCUT2D eigenvalue weighted by molar-refractivity contribution is 9.10. The zero-order valence-electron chi connectivity index (χ0n) is 14.6.